The van der Waals surface area contributed by atoms with Gasteiger partial charge in [-0.25, -0.2) is 5.01 Å². The summed E-state index contributed by atoms with van der Waals surface area (Å²) >= 11 is 0. The van der Waals surface area contributed by atoms with Crippen molar-refractivity contribution in [3.05, 3.63) is 65.2 Å². The molecule has 0 unspecified atom stereocenters. The van der Waals surface area contributed by atoms with E-state index in [-0.39, 0.29) is 0 Å². The van der Waals surface area contributed by atoms with Gasteiger partial charge in [0.15, 0.2) is 0 Å². The van der Waals surface area contributed by atoms with E-state index in [1.54, 1.807) is 17.1 Å². The highest BCUT2D eigenvalue weighted by molar-refractivity contribution is 5.75. The summed E-state index contributed by atoms with van der Waals surface area (Å²) in [6, 6.07) is 17.3. The highest BCUT2D eigenvalue weighted by atomic mass is 15.6. The molecule has 0 atom stereocenters. The summed E-state index contributed by atoms with van der Waals surface area (Å²) in [6.45, 7) is 2.56. The van der Waals surface area contributed by atoms with E-state index < -0.39 is 0 Å². The van der Waals surface area contributed by atoms with Gasteiger partial charge in [0.2, 0.25) is 0 Å². The lowest BCUT2D eigenvalue weighted by molar-refractivity contribution is 0.557. The van der Waals surface area contributed by atoms with Crippen molar-refractivity contribution < 1.29 is 0 Å². The fourth-order valence-electron chi connectivity index (χ4n) is 2.06. The molecule has 0 radical (unpaired) electrons. The summed E-state index contributed by atoms with van der Waals surface area (Å²) < 4.78 is 0. The zero-order valence-corrected chi connectivity index (χ0v) is 12.3. The first-order chi connectivity index (χ1) is 10.7. The second-order valence-electron chi connectivity index (χ2n) is 4.84. The van der Waals surface area contributed by atoms with E-state index in [1.807, 2.05) is 43.3 Å². The predicted molar refractivity (Wildman–Crippen MR) is 87.9 cm³/mol. The van der Waals surface area contributed by atoms with Crippen molar-refractivity contribution in [1.29, 1.82) is 16.1 Å². The minimum absolute atomic E-state index is 0.525. The van der Waals surface area contributed by atoms with Gasteiger partial charge >= 0.3 is 0 Å². The molecule has 0 aliphatic rings. The minimum atomic E-state index is 0.525. The number of nitriles is 1. The molecule has 5 nitrogen and oxygen atoms in total. The molecule has 0 saturated carbocycles. The van der Waals surface area contributed by atoms with Gasteiger partial charge in [0.25, 0.3) is 0 Å². The average molecular weight is 291 g/mol. The zero-order chi connectivity index (χ0) is 15.9. The van der Waals surface area contributed by atoms with Crippen molar-refractivity contribution >= 4 is 18.4 Å². The number of hydrazine groups is 1. The third-order valence-corrected chi connectivity index (χ3v) is 3.29. The molecule has 0 aliphatic carbocycles. The van der Waals surface area contributed by atoms with Crippen molar-refractivity contribution in [2.45, 2.75) is 13.5 Å². The lowest BCUT2D eigenvalue weighted by Gasteiger charge is -2.31. The van der Waals surface area contributed by atoms with Crippen LogP contribution >= 0.6 is 0 Å². The first-order valence-electron chi connectivity index (χ1n) is 6.80. The van der Waals surface area contributed by atoms with E-state index in [2.05, 4.69) is 6.07 Å². The molecule has 0 bridgehead atoms. The van der Waals surface area contributed by atoms with E-state index in [0.29, 0.717) is 12.1 Å². The highest BCUT2D eigenvalue weighted by Gasteiger charge is 2.12. The Balaban J connectivity index is 2.33. The fraction of sp³-hybridized carbons (Fsp3) is 0.118. The lowest BCUT2D eigenvalue weighted by atomic mass is 10.1. The standard InChI is InChI=1S/C17H17N5/c1-14-2-4-16(5-3-14)11-22(21(12-19)13-20)17-8-6-15(10-18)7-9-17/h2-9,12-13,19-20H,11H2,1H3. The topological polar surface area (TPSA) is 78.0 Å². The summed E-state index contributed by atoms with van der Waals surface area (Å²) in [5.41, 5.74) is 3.65. The number of hydrogen-bond donors (Lipinski definition) is 2. The molecular weight excluding hydrogens is 274 g/mol. The molecule has 2 aromatic rings. The molecule has 2 aromatic carbocycles. The molecular formula is C17H17N5. The maximum Gasteiger partial charge on any atom is 0.108 e. The van der Waals surface area contributed by atoms with Crippen LogP contribution in [0.4, 0.5) is 5.69 Å². The Kier molecular flexibility index (Phi) is 4.89. The Morgan fingerprint density at radius 2 is 1.59 bits per heavy atom. The van der Waals surface area contributed by atoms with Gasteiger partial charge in [-0.2, -0.15) is 5.26 Å². The Bertz CT molecular complexity index is 674. The average Bonchev–Trinajstić information content (AvgIpc) is 2.57. The van der Waals surface area contributed by atoms with Gasteiger partial charge in [0.05, 0.1) is 23.9 Å². The lowest BCUT2D eigenvalue weighted by Crippen LogP contribution is -2.40. The van der Waals surface area contributed by atoms with Crippen LogP contribution in [0.3, 0.4) is 0 Å². The highest BCUT2D eigenvalue weighted by Crippen LogP contribution is 2.19. The summed E-state index contributed by atoms with van der Waals surface area (Å²) in [4.78, 5) is 0. The molecule has 0 heterocycles. The van der Waals surface area contributed by atoms with Gasteiger partial charge in [-0.15, -0.1) is 0 Å². The second-order valence-corrected chi connectivity index (χ2v) is 4.84. The summed E-state index contributed by atoms with van der Waals surface area (Å²) in [5, 5.41) is 27.0. The van der Waals surface area contributed by atoms with Gasteiger partial charge in [-0.1, -0.05) is 29.8 Å². The number of rotatable bonds is 6. The van der Waals surface area contributed by atoms with Crippen LogP contribution in [0.15, 0.2) is 48.5 Å². The van der Waals surface area contributed by atoms with Crippen molar-refractivity contribution in [3.8, 4) is 6.07 Å². The summed E-state index contributed by atoms with van der Waals surface area (Å²) in [5.74, 6) is 0. The first kappa shape index (κ1) is 15.3. The minimum Gasteiger partial charge on any atom is -0.289 e. The van der Waals surface area contributed by atoms with E-state index in [9.17, 15) is 0 Å². The largest absolute Gasteiger partial charge is 0.289 e. The van der Waals surface area contributed by atoms with E-state index >= 15 is 0 Å². The molecule has 0 amide bonds. The van der Waals surface area contributed by atoms with Crippen LogP contribution in [0.2, 0.25) is 0 Å². The monoisotopic (exact) mass is 291 g/mol. The fourth-order valence-corrected chi connectivity index (χ4v) is 2.06. The molecule has 5 heteroatoms. The molecule has 2 rings (SSSR count). The number of aryl methyl sites for hydroxylation is 1. The number of benzene rings is 2. The van der Waals surface area contributed by atoms with Gasteiger partial charge in [0.1, 0.15) is 12.7 Å². The molecule has 0 fully saturated rings. The molecule has 0 saturated heterocycles. The molecule has 2 N–H and O–H groups in total. The molecule has 110 valence electrons. The zero-order valence-electron chi connectivity index (χ0n) is 12.3. The predicted octanol–water partition coefficient (Wildman–Crippen LogP) is 3.30. The Hall–Kier alpha value is -3.13. The van der Waals surface area contributed by atoms with Crippen LogP contribution in [-0.2, 0) is 6.54 Å². The third kappa shape index (κ3) is 3.49. The Morgan fingerprint density at radius 3 is 2.09 bits per heavy atom. The van der Waals surface area contributed by atoms with Crippen LogP contribution in [-0.4, -0.2) is 17.7 Å². The first-order valence-corrected chi connectivity index (χ1v) is 6.80. The maximum atomic E-state index is 8.88. The number of nitrogens with zero attached hydrogens (tertiary/aromatic N) is 3. The Morgan fingerprint density at radius 1 is 1.00 bits per heavy atom. The van der Waals surface area contributed by atoms with E-state index in [4.69, 9.17) is 16.1 Å². The van der Waals surface area contributed by atoms with Gasteiger partial charge in [0, 0.05) is 0 Å². The van der Waals surface area contributed by atoms with Crippen molar-refractivity contribution in [2.75, 3.05) is 5.01 Å². The number of anilines is 1. The normalized spacial score (nSPS) is 9.64. The Labute approximate surface area is 130 Å². The summed E-state index contributed by atoms with van der Waals surface area (Å²) in [6.07, 6.45) is 2.17. The van der Waals surface area contributed by atoms with Gasteiger partial charge < -0.3 is 0 Å². The molecule has 22 heavy (non-hydrogen) atoms. The van der Waals surface area contributed by atoms with E-state index in [0.717, 1.165) is 23.9 Å². The van der Waals surface area contributed by atoms with Crippen LogP contribution in [0.25, 0.3) is 0 Å². The molecule has 0 aliphatic heterocycles. The molecule has 0 spiro atoms. The molecule has 0 aromatic heterocycles. The van der Waals surface area contributed by atoms with E-state index in [1.165, 1.54) is 10.6 Å². The quantitative estimate of drug-likeness (QED) is 0.487. The van der Waals surface area contributed by atoms with Crippen LogP contribution in [0.5, 0.6) is 0 Å². The van der Waals surface area contributed by atoms with Crippen LogP contribution in [0, 0.1) is 29.1 Å². The van der Waals surface area contributed by atoms with Crippen molar-refractivity contribution in [3.63, 3.8) is 0 Å². The summed E-state index contributed by atoms with van der Waals surface area (Å²) in [7, 11) is 0. The van der Waals surface area contributed by atoms with Crippen LogP contribution < -0.4 is 5.01 Å². The van der Waals surface area contributed by atoms with Crippen molar-refractivity contribution in [2.24, 2.45) is 0 Å². The number of hydrogen-bond acceptors (Lipinski definition) is 4. The van der Waals surface area contributed by atoms with Gasteiger partial charge in [-0.3, -0.25) is 15.8 Å². The van der Waals surface area contributed by atoms with Gasteiger partial charge in [-0.05, 0) is 36.8 Å². The SMILES string of the molecule is Cc1ccc(CN(c2ccc(C#N)cc2)N(C=N)C=N)cc1. The second kappa shape index (κ2) is 7.04. The van der Waals surface area contributed by atoms with Crippen LogP contribution in [0.1, 0.15) is 16.7 Å². The maximum absolute atomic E-state index is 8.88. The number of nitrogens with one attached hydrogen (secondary N) is 2. The third-order valence-electron chi connectivity index (χ3n) is 3.29. The smallest absolute Gasteiger partial charge is 0.108 e. The van der Waals surface area contributed by atoms with Crippen molar-refractivity contribution in [1.82, 2.24) is 5.01 Å².